The number of methoxy groups -OCH3 is 1. The lowest BCUT2D eigenvalue weighted by molar-refractivity contribution is -0.113. The van der Waals surface area contributed by atoms with E-state index in [0.29, 0.717) is 25.7 Å². The van der Waals surface area contributed by atoms with Gasteiger partial charge in [0.25, 0.3) is 5.91 Å². The van der Waals surface area contributed by atoms with Crippen LogP contribution in [-0.2, 0) is 4.79 Å². The highest BCUT2D eigenvalue weighted by Crippen LogP contribution is 2.37. The van der Waals surface area contributed by atoms with Gasteiger partial charge in [-0.25, -0.2) is 0 Å². The lowest BCUT2D eigenvalue weighted by atomic mass is 10.2. The van der Waals surface area contributed by atoms with Crippen LogP contribution < -0.4 is 9.64 Å². The molecular formula is C21H14ClNO3S3. The Labute approximate surface area is 186 Å². The first-order valence-corrected chi connectivity index (χ1v) is 10.9. The fourth-order valence-electron chi connectivity index (χ4n) is 2.64. The predicted molar refractivity (Wildman–Crippen MR) is 123 cm³/mol. The summed E-state index contributed by atoms with van der Waals surface area (Å²) in [5, 5.41) is 1.41. The molecule has 0 aliphatic carbocycles. The largest absolute Gasteiger partial charge is 0.497 e. The highest BCUT2D eigenvalue weighted by Gasteiger charge is 2.33. The lowest BCUT2D eigenvalue weighted by Crippen LogP contribution is -2.27. The number of amides is 1. The van der Waals surface area contributed by atoms with Crippen molar-refractivity contribution in [2.45, 2.75) is 9.99 Å². The average molecular weight is 460 g/mol. The molecule has 1 amide bonds. The van der Waals surface area contributed by atoms with E-state index >= 15 is 0 Å². The summed E-state index contributed by atoms with van der Waals surface area (Å²) in [5.41, 5.74) is 0.704. The first-order valence-electron chi connectivity index (χ1n) is 8.49. The number of rotatable bonds is 5. The molecule has 0 N–H and O–H groups in total. The molecule has 3 aromatic rings. The molecule has 1 aromatic heterocycles. The number of furan rings is 1. The first-order chi connectivity index (χ1) is 14.0. The van der Waals surface area contributed by atoms with Gasteiger partial charge in [-0.05, 0) is 60.7 Å². The van der Waals surface area contributed by atoms with E-state index in [1.54, 1.807) is 37.5 Å². The van der Waals surface area contributed by atoms with Crippen LogP contribution in [-0.4, -0.2) is 17.3 Å². The molecule has 0 saturated carbocycles. The number of carbonyl (C=O) groups excluding carboxylic acids is 1. The van der Waals surface area contributed by atoms with Gasteiger partial charge in [-0.15, -0.1) is 0 Å². The Morgan fingerprint density at radius 2 is 1.83 bits per heavy atom. The molecule has 2 heterocycles. The molecule has 0 atom stereocenters. The number of anilines is 1. The smallest absolute Gasteiger partial charge is 0.270 e. The summed E-state index contributed by atoms with van der Waals surface area (Å²) in [7, 11) is 1.60. The van der Waals surface area contributed by atoms with Gasteiger partial charge >= 0.3 is 0 Å². The minimum atomic E-state index is -0.173. The van der Waals surface area contributed by atoms with Gasteiger partial charge in [0.05, 0.1) is 17.7 Å². The molecule has 4 rings (SSSR count). The number of halogens is 1. The molecule has 0 spiro atoms. The van der Waals surface area contributed by atoms with Gasteiger partial charge < -0.3 is 9.15 Å². The van der Waals surface area contributed by atoms with E-state index in [1.165, 1.54) is 28.4 Å². The second-order valence-electron chi connectivity index (χ2n) is 5.93. The van der Waals surface area contributed by atoms with Crippen molar-refractivity contribution in [3.63, 3.8) is 0 Å². The highest BCUT2D eigenvalue weighted by atomic mass is 35.5. The molecule has 2 aromatic carbocycles. The van der Waals surface area contributed by atoms with Crippen molar-refractivity contribution in [1.82, 2.24) is 0 Å². The Morgan fingerprint density at radius 1 is 1.10 bits per heavy atom. The molecule has 1 aliphatic heterocycles. The molecule has 1 saturated heterocycles. The zero-order chi connectivity index (χ0) is 20.4. The molecule has 29 heavy (non-hydrogen) atoms. The van der Waals surface area contributed by atoms with Crippen molar-refractivity contribution >= 4 is 69.3 Å². The van der Waals surface area contributed by atoms with Gasteiger partial charge in [-0.2, -0.15) is 0 Å². The second-order valence-corrected chi connectivity index (χ2v) is 9.12. The van der Waals surface area contributed by atoms with E-state index < -0.39 is 0 Å². The van der Waals surface area contributed by atoms with E-state index in [-0.39, 0.29) is 5.91 Å². The van der Waals surface area contributed by atoms with Crippen LogP contribution in [0.3, 0.4) is 0 Å². The summed E-state index contributed by atoms with van der Waals surface area (Å²) in [6.45, 7) is 0. The number of benzene rings is 2. The maximum Gasteiger partial charge on any atom is 0.270 e. The Morgan fingerprint density at radius 3 is 2.52 bits per heavy atom. The third-order valence-corrected chi connectivity index (χ3v) is 6.51. The lowest BCUT2D eigenvalue weighted by Gasteiger charge is -2.14. The zero-order valence-electron chi connectivity index (χ0n) is 15.1. The Hall–Kier alpha value is -2.19. The van der Waals surface area contributed by atoms with Crippen molar-refractivity contribution in [3.05, 3.63) is 76.4 Å². The summed E-state index contributed by atoms with van der Waals surface area (Å²) >= 11 is 14.1. The standard InChI is InChI=1S/C21H14ClNO3S3/c1-25-15-6-4-14(5-7-15)23-20(24)18(29-21(23)27)12-16-8-11-19(26-16)28-17-9-2-13(22)3-10-17/h2-12H,1H3/b18-12-. The van der Waals surface area contributed by atoms with Gasteiger partial charge in [0, 0.05) is 16.0 Å². The first kappa shape index (κ1) is 20.1. The van der Waals surface area contributed by atoms with Crippen LogP contribution in [0.5, 0.6) is 5.75 Å². The number of thiocarbonyl (C=S) groups is 1. The summed E-state index contributed by atoms with van der Waals surface area (Å²) in [6, 6.07) is 18.4. The Kier molecular flexibility index (Phi) is 6.01. The van der Waals surface area contributed by atoms with Gasteiger partial charge in [0.1, 0.15) is 11.5 Å². The van der Waals surface area contributed by atoms with Crippen molar-refractivity contribution < 1.29 is 13.9 Å². The minimum Gasteiger partial charge on any atom is -0.497 e. The topological polar surface area (TPSA) is 42.7 Å². The molecule has 4 nitrogen and oxygen atoms in total. The maximum atomic E-state index is 12.9. The fourth-order valence-corrected chi connectivity index (χ4v) is 4.82. The number of hydrogen-bond acceptors (Lipinski definition) is 6. The van der Waals surface area contributed by atoms with Crippen molar-refractivity contribution in [2.24, 2.45) is 0 Å². The van der Waals surface area contributed by atoms with Crippen LogP contribution in [0.15, 0.2) is 80.0 Å². The van der Waals surface area contributed by atoms with E-state index in [1.807, 2.05) is 36.4 Å². The van der Waals surface area contributed by atoms with Crippen molar-refractivity contribution in [3.8, 4) is 5.75 Å². The van der Waals surface area contributed by atoms with E-state index in [2.05, 4.69) is 0 Å². The van der Waals surface area contributed by atoms with Gasteiger partial charge in [0.15, 0.2) is 9.41 Å². The molecule has 146 valence electrons. The monoisotopic (exact) mass is 459 g/mol. The SMILES string of the molecule is COc1ccc(N2C(=O)/C(=C/c3ccc(Sc4ccc(Cl)cc4)o3)SC2=S)cc1. The number of ether oxygens (including phenoxy) is 1. The molecule has 0 radical (unpaired) electrons. The average Bonchev–Trinajstić information content (AvgIpc) is 3.27. The minimum absolute atomic E-state index is 0.173. The number of carbonyl (C=O) groups is 1. The third-order valence-electron chi connectivity index (χ3n) is 4.03. The van der Waals surface area contributed by atoms with E-state index in [9.17, 15) is 4.79 Å². The van der Waals surface area contributed by atoms with Gasteiger partial charge in [-0.1, -0.05) is 47.3 Å². The zero-order valence-corrected chi connectivity index (χ0v) is 18.3. The second kappa shape index (κ2) is 8.67. The predicted octanol–water partition coefficient (Wildman–Crippen LogP) is 6.50. The molecule has 0 unspecified atom stereocenters. The normalized spacial score (nSPS) is 15.4. The molecule has 8 heteroatoms. The summed E-state index contributed by atoms with van der Waals surface area (Å²) in [4.78, 5) is 15.9. The number of thioether (sulfide) groups is 1. The van der Waals surface area contributed by atoms with E-state index in [0.717, 1.165) is 15.7 Å². The number of nitrogens with zero attached hydrogens (tertiary/aromatic N) is 1. The van der Waals surface area contributed by atoms with Crippen LogP contribution in [0.1, 0.15) is 5.76 Å². The van der Waals surface area contributed by atoms with Crippen LogP contribution in [0, 0.1) is 0 Å². The van der Waals surface area contributed by atoms with Crippen LogP contribution in [0.4, 0.5) is 5.69 Å². The molecular weight excluding hydrogens is 446 g/mol. The summed E-state index contributed by atoms with van der Waals surface area (Å²) in [6.07, 6.45) is 1.72. The highest BCUT2D eigenvalue weighted by molar-refractivity contribution is 8.27. The third kappa shape index (κ3) is 4.53. The maximum absolute atomic E-state index is 12.9. The van der Waals surface area contributed by atoms with Gasteiger partial charge in [0.2, 0.25) is 0 Å². The Balaban J connectivity index is 1.51. The molecule has 1 fully saturated rings. The quantitative estimate of drug-likeness (QED) is 0.320. The van der Waals surface area contributed by atoms with Crippen LogP contribution in [0.2, 0.25) is 5.02 Å². The molecule has 0 bridgehead atoms. The summed E-state index contributed by atoms with van der Waals surface area (Å²) in [5.74, 6) is 1.14. The Bertz CT molecular complexity index is 1090. The summed E-state index contributed by atoms with van der Waals surface area (Å²) < 4.78 is 11.5. The number of hydrogen-bond donors (Lipinski definition) is 0. The van der Waals surface area contributed by atoms with Gasteiger partial charge in [-0.3, -0.25) is 9.69 Å². The molecule has 1 aliphatic rings. The van der Waals surface area contributed by atoms with E-state index in [4.69, 9.17) is 33.0 Å². The van der Waals surface area contributed by atoms with Crippen molar-refractivity contribution in [2.75, 3.05) is 12.0 Å². The van der Waals surface area contributed by atoms with Crippen molar-refractivity contribution in [1.29, 1.82) is 0 Å². The van der Waals surface area contributed by atoms with Crippen LogP contribution in [0.25, 0.3) is 6.08 Å². The fraction of sp³-hybridized carbons (Fsp3) is 0.0476. The van der Waals surface area contributed by atoms with Crippen LogP contribution >= 0.6 is 47.3 Å².